The molecule has 124 valence electrons. The fourth-order valence-electron chi connectivity index (χ4n) is 3.21. The van der Waals surface area contributed by atoms with E-state index in [-0.39, 0.29) is 0 Å². The molecule has 4 aromatic rings. The van der Waals surface area contributed by atoms with Crippen molar-refractivity contribution < 1.29 is 0 Å². The van der Waals surface area contributed by atoms with Gasteiger partial charge < -0.3 is 0 Å². The Morgan fingerprint density at radius 3 is 2.32 bits per heavy atom. The summed E-state index contributed by atoms with van der Waals surface area (Å²) in [5, 5.41) is 4.48. The second-order valence-corrected chi connectivity index (χ2v) is 6.36. The lowest BCUT2D eigenvalue weighted by atomic mass is 10.1. The van der Waals surface area contributed by atoms with E-state index >= 15 is 0 Å². The molecule has 0 bridgehead atoms. The SMILES string of the molecule is C=C(C)c1ccc2c(c1)c1ccccc1n2NN(C)c1ccccc1. The topological polar surface area (TPSA) is 20.2 Å². The number of allylic oxidation sites excluding steroid dienone is 1. The summed E-state index contributed by atoms with van der Waals surface area (Å²) < 4.78 is 2.14. The molecule has 1 N–H and O–H groups in total. The third-order valence-corrected chi connectivity index (χ3v) is 4.56. The van der Waals surface area contributed by atoms with Crippen LogP contribution in [-0.4, -0.2) is 11.7 Å². The minimum absolute atomic E-state index is 1.08. The number of benzene rings is 3. The predicted molar refractivity (Wildman–Crippen MR) is 108 cm³/mol. The highest BCUT2D eigenvalue weighted by Gasteiger charge is 2.12. The summed E-state index contributed by atoms with van der Waals surface area (Å²) >= 11 is 0. The molecule has 0 aliphatic rings. The lowest BCUT2D eigenvalue weighted by molar-refractivity contribution is 0.879. The maximum absolute atomic E-state index is 4.08. The van der Waals surface area contributed by atoms with Crippen molar-refractivity contribution in [2.75, 3.05) is 17.6 Å². The molecule has 0 aliphatic heterocycles. The smallest absolute Gasteiger partial charge is 0.0725 e. The summed E-state index contributed by atoms with van der Waals surface area (Å²) in [7, 11) is 2.03. The van der Waals surface area contributed by atoms with Crippen molar-refractivity contribution >= 4 is 33.1 Å². The second kappa shape index (κ2) is 6.02. The van der Waals surface area contributed by atoms with Crippen LogP contribution < -0.4 is 10.5 Å². The first kappa shape index (κ1) is 15.3. The number of hydrazine groups is 1. The number of hydrogen-bond acceptors (Lipinski definition) is 2. The molecule has 25 heavy (non-hydrogen) atoms. The molecule has 3 heteroatoms. The van der Waals surface area contributed by atoms with Gasteiger partial charge in [0.1, 0.15) is 0 Å². The van der Waals surface area contributed by atoms with Gasteiger partial charge in [0.25, 0.3) is 0 Å². The molecule has 0 spiro atoms. The molecule has 3 nitrogen and oxygen atoms in total. The fraction of sp³-hybridized carbons (Fsp3) is 0.0909. The monoisotopic (exact) mass is 327 g/mol. The zero-order valence-electron chi connectivity index (χ0n) is 14.5. The number of nitrogens with zero attached hydrogens (tertiary/aromatic N) is 2. The van der Waals surface area contributed by atoms with Crippen LogP contribution in [0.4, 0.5) is 5.69 Å². The molecule has 0 saturated carbocycles. The highest BCUT2D eigenvalue weighted by atomic mass is 15.7. The van der Waals surface area contributed by atoms with Crippen LogP contribution in [0, 0.1) is 0 Å². The van der Waals surface area contributed by atoms with E-state index in [0.29, 0.717) is 0 Å². The third kappa shape index (κ3) is 2.64. The minimum atomic E-state index is 1.08. The molecule has 1 heterocycles. The first-order valence-electron chi connectivity index (χ1n) is 8.39. The van der Waals surface area contributed by atoms with Gasteiger partial charge in [-0.15, -0.1) is 0 Å². The summed E-state index contributed by atoms with van der Waals surface area (Å²) in [6.45, 7) is 6.12. The number of nitrogens with one attached hydrogen (secondary N) is 1. The molecule has 3 aromatic carbocycles. The quantitative estimate of drug-likeness (QED) is 0.505. The number of anilines is 1. The maximum Gasteiger partial charge on any atom is 0.0725 e. The van der Waals surface area contributed by atoms with Crippen molar-refractivity contribution in [3.63, 3.8) is 0 Å². The van der Waals surface area contributed by atoms with E-state index in [1.807, 2.05) is 37.2 Å². The molecule has 0 saturated heterocycles. The molecule has 1 aromatic heterocycles. The van der Waals surface area contributed by atoms with Crippen LogP contribution in [0.1, 0.15) is 12.5 Å². The summed E-state index contributed by atoms with van der Waals surface area (Å²) in [6, 6.07) is 25.2. The van der Waals surface area contributed by atoms with Crippen molar-refractivity contribution in [3.8, 4) is 0 Å². The Kier molecular flexibility index (Phi) is 3.69. The summed E-state index contributed by atoms with van der Waals surface area (Å²) in [5.74, 6) is 0. The van der Waals surface area contributed by atoms with Crippen LogP contribution in [0.15, 0.2) is 79.4 Å². The summed E-state index contributed by atoms with van der Waals surface area (Å²) in [6.07, 6.45) is 0. The van der Waals surface area contributed by atoms with Crippen LogP contribution in [0.5, 0.6) is 0 Å². The standard InChI is InChI=1S/C22H21N3/c1-16(2)17-13-14-22-20(15-17)19-11-7-8-12-21(19)25(22)23-24(3)18-9-5-4-6-10-18/h4-15,23H,1H2,2-3H3. The van der Waals surface area contributed by atoms with Gasteiger partial charge in [-0.1, -0.05) is 54.6 Å². The molecule has 0 fully saturated rings. The van der Waals surface area contributed by atoms with E-state index in [9.17, 15) is 0 Å². The third-order valence-electron chi connectivity index (χ3n) is 4.56. The lowest BCUT2D eigenvalue weighted by Crippen LogP contribution is -2.32. The zero-order valence-corrected chi connectivity index (χ0v) is 14.5. The van der Waals surface area contributed by atoms with Crippen LogP contribution in [-0.2, 0) is 0 Å². The first-order valence-corrected chi connectivity index (χ1v) is 8.39. The van der Waals surface area contributed by atoms with Crippen molar-refractivity contribution in [2.45, 2.75) is 6.92 Å². The maximum atomic E-state index is 4.08. The first-order chi connectivity index (χ1) is 12.1. The van der Waals surface area contributed by atoms with Gasteiger partial charge in [0, 0.05) is 17.8 Å². The average molecular weight is 327 g/mol. The van der Waals surface area contributed by atoms with Gasteiger partial charge in [0.2, 0.25) is 0 Å². The summed E-state index contributed by atoms with van der Waals surface area (Å²) in [4.78, 5) is 0. The molecule has 4 rings (SSSR count). The van der Waals surface area contributed by atoms with Gasteiger partial charge >= 0.3 is 0 Å². The van der Waals surface area contributed by atoms with Crippen LogP contribution >= 0.6 is 0 Å². The average Bonchev–Trinajstić information content (AvgIpc) is 2.96. The molecule has 0 radical (unpaired) electrons. The Morgan fingerprint density at radius 2 is 1.56 bits per heavy atom. The van der Waals surface area contributed by atoms with Crippen molar-refractivity contribution in [1.29, 1.82) is 0 Å². The Balaban J connectivity index is 1.88. The molecule has 0 aliphatic carbocycles. The second-order valence-electron chi connectivity index (χ2n) is 6.36. The summed E-state index contributed by atoms with van der Waals surface area (Å²) in [5.41, 5.74) is 9.15. The Morgan fingerprint density at radius 1 is 0.880 bits per heavy atom. The predicted octanol–water partition coefficient (Wildman–Crippen LogP) is 5.42. The number of rotatable bonds is 4. The van der Waals surface area contributed by atoms with Crippen molar-refractivity contribution in [3.05, 3.63) is 84.9 Å². The lowest BCUT2D eigenvalue weighted by Gasteiger charge is -2.23. The van der Waals surface area contributed by atoms with Gasteiger partial charge in [-0.3, -0.25) is 5.01 Å². The van der Waals surface area contributed by atoms with Gasteiger partial charge in [-0.2, -0.15) is 0 Å². The van der Waals surface area contributed by atoms with E-state index < -0.39 is 0 Å². The fourth-order valence-corrected chi connectivity index (χ4v) is 3.21. The van der Waals surface area contributed by atoms with E-state index in [1.165, 1.54) is 16.3 Å². The van der Waals surface area contributed by atoms with Gasteiger partial charge in [-0.05, 0) is 42.8 Å². The molecular weight excluding hydrogens is 306 g/mol. The Hall–Kier alpha value is -3.20. The molecular formula is C22H21N3. The Labute approximate surface area is 147 Å². The zero-order chi connectivity index (χ0) is 17.4. The van der Waals surface area contributed by atoms with E-state index in [4.69, 9.17) is 0 Å². The highest BCUT2D eigenvalue weighted by molar-refractivity contribution is 6.09. The van der Waals surface area contributed by atoms with Gasteiger partial charge in [0.05, 0.1) is 16.7 Å². The number of fused-ring (bicyclic) bond motifs is 3. The minimum Gasteiger partial charge on any atom is -0.277 e. The number of para-hydroxylation sites is 2. The van der Waals surface area contributed by atoms with Crippen LogP contribution in [0.2, 0.25) is 0 Å². The normalized spacial score (nSPS) is 11.0. The largest absolute Gasteiger partial charge is 0.277 e. The number of hydrogen-bond donors (Lipinski definition) is 1. The number of aromatic nitrogens is 1. The van der Waals surface area contributed by atoms with E-state index in [0.717, 1.165) is 22.3 Å². The van der Waals surface area contributed by atoms with E-state index in [1.54, 1.807) is 0 Å². The molecule has 0 atom stereocenters. The highest BCUT2D eigenvalue weighted by Crippen LogP contribution is 2.30. The van der Waals surface area contributed by atoms with Crippen molar-refractivity contribution in [2.24, 2.45) is 0 Å². The van der Waals surface area contributed by atoms with Gasteiger partial charge in [-0.25, -0.2) is 10.2 Å². The van der Waals surface area contributed by atoms with Crippen LogP contribution in [0.25, 0.3) is 27.4 Å². The van der Waals surface area contributed by atoms with Crippen molar-refractivity contribution in [1.82, 2.24) is 4.68 Å². The molecule has 0 unspecified atom stereocenters. The molecule has 0 amide bonds. The Bertz CT molecular complexity index is 1060. The van der Waals surface area contributed by atoms with Crippen LogP contribution in [0.3, 0.4) is 0 Å². The van der Waals surface area contributed by atoms with E-state index in [2.05, 4.69) is 71.4 Å². The van der Waals surface area contributed by atoms with Gasteiger partial charge in [0.15, 0.2) is 0 Å².